The number of methoxy groups -OCH3 is 1. The fourth-order valence-corrected chi connectivity index (χ4v) is 4.05. The van der Waals surface area contributed by atoms with Gasteiger partial charge in [-0.1, -0.05) is 41.9 Å². The second kappa shape index (κ2) is 9.09. The molecule has 2 heterocycles. The molecule has 1 aliphatic rings. The third-order valence-electron chi connectivity index (χ3n) is 5.56. The van der Waals surface area contributed by atoms with E-state index in [-0.39, 0.29) is 12.5 Å². The van der Waals surface area contributed by atoms with Gasteiger partial charge in [0.1, 0.15) is 5.75 Å². The number of halogens is 3. The monoisotopic (exact) mass is 431 g/mol. The maximum atomic E-state index is 12.9. The molecule has 0 radical (unpaired) electrons. The van der Waals surface area contributed by atoms with Crippen molar-refractivity contribution >= 4 is 0 Å². The summed E-state index contributed by atoms with van der Waals surface area (Å²) in [6, 6.07) is 13.5. The van der Waals surface area contributed by atoms with E-state index in [9.17, 15) is 13.2 Å². The summed E-state index contributed by atoms with van der Waals surface area (Å²) in [6.45, 7) is 1.41. The maximum absolute atomic E-state index is 12.9. The molecule has 0 saturated carbocycles. The van der Waals surface area contributed by atoms with E-state index >= 15 is 0 Å². The Hall–Kier alpha value is -2.87. The average Bonchev–Trinajstić information content (AvgIpc) is 3.20. The first-order chi connectivity index (χ1) is 14.9. The Balaban J connectivity index is 1.46. The number of hydrogen-bond donors (Lipinski definition) is 0. The minimum atomic E-state index is -4.37. The molecule has 0 N–H and O–H groups in total. The quantitative estimate of drug-likeness (QED) is 0.522. The molecule has 31 heavy (non-hydrogen) atoms. The van der Waals surface area contributed by atoms with Crippen LogP contribution in [0.4, 0.5) is 13.2 Å². The zero-order valence-electron chi connectivity index (χ0n) is 17.2. The molecule has 1 atom stereocenters. The molecule has 0 bridgehead atoms. The van der Waals surface area contributed by atoms with E-state index in [2.05, 4.69) is 27.2 Å². The van der Waals surface area contributed by atoms with Crippen molar-refractivity contribution in [1.29, 1.82) is 0 Å². The van der Waals surface area contributed by atoms with Crippen molar-refractivity contribution in [2.75, 3.05) is 13.7 Å². The van der Waals surface area contributed by atoms with Crippen molar-refractivity contribution in [3.63, 3.8) is 0 Å². The number of rotatable bonds is 6. The molecule has 1 aromatic heterocycles. The van der Waals surface area contributed by atoms with E-state index in [0.717, 1.165) is 43.7 Å². The van der Waals surface area contributed by atoms with E-state index in [4.69, 9.17) is 9.26 Å². The predicted molar refractivity (Wildman–Crippen MR) is 109 cm³/mol. The van der Waals surface area contributed by atoms with Crippen LogP contribution in [0.1, 0.15) is 53.7 Å². The van der Waals surface area contributed by atoms with Crippen molar-refractivity contribution in [3.05, 3.63) is 76.9 Å². The first-order valence-electron chi connectivity index (χ1n) is 10.3. The number of likely N-dealkylation sites (tertiary alicyclic amines) is 1. The van der Waals surface area contributed by atoms with Crippen LogP contribution >= 0.6 is 0 Å². The summed E-state index contributed by atoms with van der Waals surface area (Å²) in [5, 5.41) is 3.98. The lowest BCUT2D eigenvalue weighted by Gasteiger charge is -2.35. The van der Waals surface area contributed by atoms with Crippen molar-refractivity contribution < 1.29 is 22.4 Å². The number of piperidine rings is 1. The van der Waals surface area contributed by atoms with Gasteiger partial charge in [0.2, 0.25) is 5.89 Å². The molecule has 2 aromatic carbocycles. The fourth-order valence-electron chi connectivity index (χ4n) is 4.05. The number of benzene rings is 2. The van der Waals surface area contributed by atoms with Crippen molar-refractivity contribution in [2.45, 2.75) is 44.4 Å². The summed E-state index contributed by atoms with van der Waals surface area (Å²) < 4.78 is 49.6. The van der Waals surface area contributed by atoms with Crippen LogP contribution in [-0.2, 0) is 19.1 Å². The first kappa shape index (κ1) is 21.4. The molecule has 1 saturated heterocycles. The highest BCUT2D eigenvalue weighted by molar-refractivity contribution is 5.31. The van der Waals surface area contributed by atoms with Gasteiger partial charge in [-0.3, -0.25) is 4.90 Å². The highest BCUT2D eigenvalue weighted by Crippen LogP contribution is 2.33. The van der Waals surface area contributed by atoms with E-state index in [1.165, 1.54) is 11.6 Å². The van der Waals surface area contributed by atoms with Gasteiger partial charge in [-0.05, 0) is 48.7 Å². The van der Waals surface area contributed by atoms with Gasteiger partial charge in [0.05, 0.1) is 19.2 Å². The molecule has 164 valence electrons. The molecule has 8 heteroatoms. The molecular weight excluding hydrogens is 407 g/mol. The highest BCUT2D eigenvalue weighted by Gasteiger charge is 2.30. The second-order valence-electron chi connectivity index (χ2n) is 7.74. The largest absolute Gasteiger partial charge is 0.497 e. The topological polar surface area (TPSA) is 51.4 Å². The van der Waals surface area contributed by atoms with Gasteiger partial charge in [-0.2, -0.15) is 18.2 Å². The summed E-state index contributed by atoms with van der Waals surface area (Å²) in [5.41, 5.74) is 1.00. The van der Waals surface area contributed by atoms with Crippen LogP contribution in [0.25, 0.3) is 0 Å². The number of alkyl halides is 3. The number of ether oxygens (including phenoxy) is 1. The standard InChI is InChI=1S/C23H24F3N3O2/c1-30-19-9-5-7-17(14-19)20-10-2-3-11-29(20)15-22-27-21(28-31-22)13-16-6-4-8-18(12-16)23(24,25)26/h4-9,12,14,20H,2-3,10-11,13,15H2,1H3/t20-/m0/s1. The maximum Gasteiger partial charge on any atom is 0.416 e. The summed E-state index contributed by atoms with van der Waals surface area (Å²) in [6.07, 6.45) is -0.929. The van der Waals surface area contributed by atoms with Crippen molar-refractivity contribution in [1.82, 2.24) is 15.0 Å². The lowest BCUT2D eigenvalue weighted by atomic mass is 9.95. The molecule has 5 nitrogen and oxygen atoms in total. The molecule has 4 rings (SSSR count). The smallest absolute Gasteiger partial charge is 0.416 e. The van der Waals surface area contributed by atoms with Crippen LogP contribution in [0, 0.1) is 0 Å². The van der Waals surface area contributed by atoms with Gasteiger partial charge in [0, 0.05) is 12.5 Å². The Morgan fingerprint density at radius 3 is 2.77 bits per heavy atom. The second-order valence-corrected chi connectivity index (χ2v) is 7.74. The minimum Gasteiger partial charge on any atom is -0.497 e. The van der Waals surface area contributed by atoms with Gasteiger partial charge in [-0.25, -0.2) is 0 Å². The Morgan fingerprint density at radius 2 is 1.97 bits per heavy atom. The van der Waals surface area contributed by atoms with Gasteiger partial charge in [-0.15, -0.1) is 0 Å². The van der Waals surface area contributed by atoms with Crippen LogP contribution in [0.15, 0.2) is 53.1 Å². The van der Waals surface area contributed by atoms with Gasteiger partial charge < -0.3 is 9.26 Å². The van der Waals surface area contributed by atoms with Crippen molar-refractivity contribution in [2.24, 2.45) is 0 Å². The van der Waals surface area contributed by atoms with Gasteiger partial charge in [0.25, 0.3) is 0 Å². The van der Waals surface area contributed by atoms with Gasteiger partial charge in [0.15, 0.2) is 5.82 Å². The third kappa shape index (κ3) is 5.25. The minimum absolute atomic E-state index is 0.187. The third-order valence-corrected chi connectivity index (χ3v) is 5.56. The number of hydrogen-bond acceptors (Lipinski definition) is 5. The Morgan fingerprint density at radius 1 is 1.13 bits per heavy atom. The molecule has 1 aliphatic heterocycles. The van der Waals surface area contributed by atoms with Gasteiger partial charge >= 0.3 is 6.18 Å². The van der Waals surface area contributed by atoms with E-state index in [0.29, 0.717) is 23.8 Å². The zero-order chi connectivity index (χ0) is 21.8. The molecule has 0 amide bonds. The van der Waals surface area contributed by atoms with Crippen molar-refractivity contribution in [3.8, 4) is 5.75 Å². The molecule has 0 spiro atoms. The van der Waals surface area contributed by atoms with Crippen LogP contribution in [0.2, 0.25) is 0 Å². The normalized spacial score (nSPS) is 17.6. The average molecular weight is 431 g/mol. The SMILES string of the molecule is COc1cccc([C@@H]2CCCCN2Cc2nc(Cc3cccc(C(F)(F)F)c3)no2)c1. The van der Waals surface area contributed by atoms with E-state index in [1.807, 2.05) is 12.1 Å². The zero-order valence-corrected chi connectivity index (χ0v) is 17.2. The summed E-state index contributed by atoms with van der Waals surface area (Å²) in [7, 11) is 1.65. The predicted octanol–water partition coefficient (Wildman–Crippen LogP) is 5.42. The van der Waals surface area contributed by atoms with E-state index in [1.54, 1.807) is 13.2 Å². The summed E-state index contributed by atoms with van der Waals surface area (Å²) in [4.78, 5) is 6.73. The summed E-state index contributed by atoms with van der Waals surface area (Å²) in [5.74, 6) is 1.67. The molecule has 1 fully saturated rings. The summed E-state index contributed by atoms with van der Waals surface area (Å²) >= 11 is 0. The lowest BCUT2D eigenvalue weighted by Crippen LogP contribution is -2.33. The Labute approximate surface area is 178 Å². The Bertz CT molecular complexity index is 1020. The highest BCUT2D eigenvalue weighted by atomic mass is 19.4. The molecule has 0 unspecified atom stereocenters. The molecular formula is C23H24F3N3O2. The first-order valence-corrected chi connectivity index (χ1v) is 10.3. The van der Waals surface area contributed by atoms with E-state index < -0.39 is 11.7 Å². The van der Waals surface area contributed by atoms with Crippen LogP contribution in [0.3, 0.4) is 0 Å². The van der Waals surface area contributed by atoms with Crippen LogP contribution in [0.5, 0.6) is 5.75 Å². The van der Waals surface area contributed by atoms with Crippen LogP contribution < -0.4 is 4.74 Å². The molecule has 0 aliphatic carbocycles. The fraction of sp³-hybridized carbons (Fsp3) is 0.391. The Kier molecular flexibility index (Phi) is 6.27. The number of aromatic nitrogens is 2. The number of nitrogens with zero attached hydrogens (tertiary/aromatic N) is 3. The molecule has 3 aromatic rings. The lowest BCUT2D eigenvalue weighted by molar-refractivity contribution is -0.137. The van der Waals surface area contributed by atoms with Crippen LogP contribution in [-0.4, -0.2) is 28.7 Å².